The molecule has 0 amide bonds. The summed E-state index contributed by atoms with van der Waals surface area (Å²) in [5, 5.41) is 14.1. The Morgan fingerprint density at radius 1 is 1.33 bits per heavy atom. The predicted octanol–water partition coefficient (Wildman–Crippen LogP) is 3.02. The van der Waals surface area contributed by atoms with Crippen LogP contribution in [0.1, 0.15) is 36.6 Å². The van der Waals surface area contributed by atoms with Crippen LogP contribution in [0.15, 0.2) is 36.5 Å². The molecule has 4 heteroatoms. The second kappa shape index (κ2) is 5.31. The van der Waals surface area contributed by atoms with Gasteiger partial charge in [0.25, 0.3) is 0 Å². The molecule has 2 aromatic rings. The first-order valence-corrected chi connectivity index (χ1v) is 8.60. The molecule has 0 radical (unpaired) electrons. The quantitative estimate of drug-likeness (QED) is 0.812. The summed E-state index contributed by atoms with van der Waals surface area (Å²) in [6.45, 7) is 2.01. The Bertz CT molecular complexity index is 832. The summed E-state index contributed by atoms with van der Waals surface area (Å²) < 4.78 is 1.96. The number of benzene rings is 1. The van der Waals surface area contributed by atoms with Crippen LogP contribution in [0.5, 0.6) is 0 Å². The Labute approximate surface area is 142 Å². The van der Waals surface area contributed by atoms with E-state index in [-0.39, 0.29) is 23.0 Å². The second-order valence-electron chi connectivity index (χ2n) is 7.20. The molecule has 4 rings (SSSR count). The number of ketones is 1. The third-order valence-electron chi connectivity index (χ3n) is 6.16. The Balaban J connectivity index is 2.02. The lowest BCUT2D eigenvalue weighted by Gasteiger charge is -2.51. The number of nitrogens with zero attached hydrogens (tertiary/aromatic N) is 3. The fourth-order valence-electron chi connectivity index (χ4n) is 5.15. The zero-order valence-corrected chi connectivity index (χ0v) is 14.1. The van der Waals surface area contributed by atoms with Crippen LogP contribution in [0.25, 0.3) is 0 Å². The number of rotatable bonds is 1. The molecule has 122 valence electrons. The second-order valence-corrected chi connectivity index (χ2v) is 7.20. The van der Waals surface area contributed by atoms with E-state index in [4.69, 9.17) is 0 Å². The Morgan fingerprint density at radius 3 is 2.79 bits per heavy atom. The van der Waals surface area contributed by atoms with Gasteiger partial charge in [0, 0.05) is 18.4 Å². The highest BCUT2D eigenvalue weighted by atomic mass is 16.1. The highest BCUT2D eigenvalue weighted by Gasteiger charge is 2.56. The molecule has 1 aromatic carbocycles. The van der Waals surface area contributed by atoms with Gasteiger partial charge in [-0.15, -0.1) is 0 Å². The Hall–Kier alpha value is -2.41. The maximum atomic E-state index is 12.7. The Kier molecular flexibility index (Phi) is 3.35. The van der Waals surface area contributed by atoms with Gasteiger partial charge in [-0.05, 0) is 36.3 Å². The molecule has 1 heterocycles. The highest BCUT2D eigenvalue weighted by molar-refractivity contribution is 5.87. The van der Waals surface area contributed by atoms with E-state index in [9.17, 15) is 10.1 Å². The van der Waals surface area contributed by atoms with E-state index in [1.165, 1.54) is 16.8 Å². The molecule has 0 spiro atoms. The monoisotopic (exact) mass is 319 g/mol. The lowest BCUT2D eigenvalue weighted by Crippen LogP contribution is -2.53. The number of aromatic nitrogens is 2. The normalized spacial score (nSPS) is 31.9. The summed E-state index contributed by atoms with van der Waals surface area (Å²) in [6, 6.07) is 12.7. The lowest BCUT2D eigenvalue weighted by atomic mass is 9.51. The van der Waals surface area contributed by atoms with Crippen molar-refractivity contribution in [3.63, 3.8) is 0 Å². The lowest BCUT2D eigenvalue weighted by molar-refractivity contribution is -0.131. The van der Waals surface area contributed by atoms with Crippen LogP contribution in [0.3, 0.4) is 0 Å². The molecule has 4 atom stereocenters. The van der Waals surface area contributed by atoms with E-state index >= 15 is 0 Å². The largest absolute Gasteiger partial charge is 0.298 e. The number of Topliss-reactive ketones (excluding diaryl/α,β-unsaturated/α-hetero) is 1. The summed E-state index contributed by atoms with van der Waals surface area (Å²) in [4.78, 5) is 12.7. The average Bonchev–Trinajstić information content (AvgIpc) is 3.00. The number of nitriles is 1. The molecule has 4 nitrogen and oxygen atoms in total. The number of carbonyl (C=O) groups is 1. The molecule has 0 bridgehead atoms. The van der Waals surface area contributed by atoms with Crippen molar-refractivity contribution >= 4 is 5.78 Å². The van der Waals surface area contributed by atoms with Crippen LogP contribution < -0.4 is 0 Å². The minimum Gasteiger partial charge on any atom is -0.298 e. The minimum atomic E-state index is -0.544. The minimum absolute atomic E-state index is 0.105. The summed E-state index contributed by atoms with van der Waals surface area (Å²) >= 11 is 0. The van der Waals surface area contributed by atoms with Crippen molar-refractivity contribution in [2.45, 2.75) is 31.6 Å². The van der Waals surface area contributed by atoms with Gasteiger partial charge in [0.1, 0.15) is 5.92 Å². The SMILES string of the molecule is CC1C(=O)C(C#N)CC2(c3ccccc3)c3c(cnn3C)CCC12. The third-order valence-corrected chi connectivity index (χ3v) is 6.16. The molecular formula is C20H21N3O. The molecule has 2 aliphatic rings. The zero-order chi connectivity index (χ0) is 16.9. The van der Waals surface area contributed by atoms with Gasteiger partial charge in [-0.1, -0.05) is 37.3 Å². The topological polar surface area (TPSA) is 58.7 Å². The first-order chi connectivity index (χ1) is 11.6. The number of fused-ring (bicyclic) bond motifs is 3. The van der Waals surface area contributed by atoms with Crippen LogP contribution in [0.4, 0.5) is 0 Å². The van der Waals surface area contributed by atoms with E-state index in [2.05, 4.69) is 23.3 Å². The fourth-order valence-corrected chi connectivity index (χ4v) is 5.15. The Morgan fingerprint density at radius 2 is 2.08 bits per heavy atom. The molecule has 24 heavy (non-hydrogen) atoms. The van der Waals surface area contributed by atoms with Gasteiger partial charge in [0.05, 0.1) is 18.0 Å². The van der Waals surface area contributed by atoms with Gasteiger partial charge in [-0.3, -0.25) is 9.48 Å². The summed E-state index contributed by atoms with van der Waals surface area (Å²) in [7, 11) is 1.98. The number of hydrogen-bond acceptors (Lipinski definition) is 3. The van der Waals surface area contributed by atoms with Gasteiger partial charge in [0.15, 0.2) is 5.78 Å². The average molecular weight is 319 g/mol. The molecule has 4 unspecified atom stereocenters. The molecule has 2 aliphatic carbocycles. The van der Waals surface area contributed by atoms with E-state index in [0.29, 0.717) is 6.42 Å². The van der Waals surface area contributed by atoms with Gasteiger partial charge < -0.3 is 0 Å². The molecule has 1 saturated carbocycles. The molecule has 1 fully saturated rings. The summed E-state index contributed by atoms with van der Waals surface area (Å²) in [6.07, 6.45) is 4.45. The van der Waals surface area contributed by atoms with E-state index in [0.717, 1.165) is 12.8 Å². The fraction of sp³-hybridized carbons (Fsp3) is 0.450. The van der Waals surface area contributed by atoms with Crippen LogP contribution in [0, 0.1) is 29.1 Å². The van der Waals surface area contributed by atoms with Crippen molar-refractivity contribution in [3.8, 4) is 6.07 Å². The first kappa shape index (κ1) is 15.1. The molecule has 0 saturated heterocycles. The van der Waals surface area contributed by atoms with E-state index < -0.39 is 5.92 Å². The maximum Gasteiger partial charge on any atom is 0.153 e. The van der Waals surface area contributed by atoms with Crippen LogP contribution in [0.2, 0.25) is 0 Å². The van der Waals surface area contributed by atoms with Gasteiger partial charge >= 0.3 is 0 Å². The zero-order valence-electron chi connectivity index (χ0n) is 14.1. The third kappa shape index (κ3) is 1.84. The molecular weight excluding hydrogens is 298 g/mol. The molecule has 0 aliphatic heterocycles. The van der Waals surface area contributed by atoms with Crippen LogP contribution in [-0.4, -0.2) is 15.6 Å². The number of hydrogen-bond donors (Lipinski definition) is 0. The van der Waals surface area contributed by atoms with Gasteiger partial charge in [-0.25, -0.2) is 0 Å². The smallest absolute Gasteiger partial charge is 0.153 e. The van der Waals surface area contributed by atoms with Crippen molar-refractivity contribution in [2.75, 3.05) is 0 Å². The van der Waals surface area contributed by atoms with Gasteiger partial charge in [-0.2, -0.15) is 10.4 Å². The van der Waals surface area contributed by atoms with Crippen molar-refractivity contribution in [3.05, 3.63) is 53.3 Å². The first-order valence-electron chi connectivity index (χ1n) is 8.60. The van der Waals surface area contributed by atoms with Crippen molar-refractivity contribution in [1.29, 1.82) is 5.26 Å². The molecule has 0 N–H and O–H groups in total. The van der Waals surface area contributed by atoms with Crippen molar-refractivity contribution in [2.24, 2.45) is 24.8 Å². The number of aryl methyl sites for hydroxylation is 2. The van der Waals surface area contributed by atoms with Crippen LogP contribution >= 0.6 is 0 Å². The predicted molar refractivity (Wildman–Crippen MR) is 90.1 cm³/mol. The highest BCUT2D eigenvalue weighted by Crippen LogP contribution is 2.55. The van der Waals surface area contributed by atoms with Crippen molar-refractivity contribution in [1.82, 2.24) is 9.78 Å². The van der Waals surface area contributed by atoms with Crippen LogP contribution in [-0.2, 0) is 23.7 Å². The maximum absolute atomic E-state index is 12.7. The van der Waals surface area contributed by atoms with Gasteiger partial charge in [0.2, 0.25) is 0 Å². The summed E-state index contributed by atoms with van der Waals surface area (Å²) in [5.41, 5.74) is 3.37. The van der Waals surface area contributed by atoms with E-state index in [1.54, 1.807) is 0 Å². The van der Waals surface area contributed by atoms with E-state index in [1.807, 2.05) is 43.0 Å². The number of carbonyl (C=O) groups excluding carboxylic acids is 1. The summed E-state index contributed by atoms with van der Waals surface area (Å²) in [5.74, 6) is -0.316. The molecule has 1 aromatic heterocycles. The standard InChI is InChI=1S/C20H21N3O/c1-13-17-9-8-14-12-22-23(2)19(14)20(17,10-15(11-21)18(13)24)16-6-4-3-5-7-16/h3-7,12-13,15,17H,8-10H2,1-2H3. The van der Waals surface area contributed by atoms with Crippen molar-refractivity contribution < 1.29 is 4.79 Å².